The Morgan fingerprint density at radius 1 is 1.06 bits per heavy atom. The molecule has 1 amide bonds. The van der Waals surface area contributed by atoms with Gasteiger partial charge < -0.3 is 13.9 Å². The van der Waals surface area contributed by atoms with Crippen molar-refractivity contribution in [2.24, 2.45) is 5.92 Å². The van der Waals surface area contributed by atoms with Gasteiger partial charge in [0.1, 0.15) is 11.3 Å². The van der Waals surface area contributed by atoms with Crippen LogP contribution in [0.15, 0.2) is 57.7 Å². The number of carbonyl (C=O) groups excluding carboxylic acids is 1. The molecule has 0 bridgehead atoms. The smallest absolute Gasteiger partial charge is 0.339 e. The number of ether oxygens (including phenoxy) is 2. The summed E-state index contributed by atoms with van der Waals surface area (Å²) >= 11 is 0. The van der Waals surface area contributed by atoms with Crippen LogP contribution in [0.4, 0.5) is 0 Å². The lowest BCUT2D eigenvalue weighted by molar-refractivity contribution is -0.133. The quantitative estimate of drug-likeness (QED) is 0.165. The van der Waals surface area contributed by atoms with E-state index >= 15 is 0 Å². The summed E-state index contributed by atoms with van der Waals surface area (Å²) in [5, 5.41) is 10.0. The van der Waals surface area contributed by atoms with Crippen LogP contribution in [0, 0.1) is 12.8 Å². The number of methoxy groups -OCH3 is 1. The van der Waals surface area contributed by atoms with Crippen LogP contribution in [0.2, 0.25) is 0 Å². The molecule has 2 aromatic carbocycles. The fraction of sp³-hybridized carbons (Fsp3) is 0.407. The molecule has 0 radical (unpaired) electrons. The fourth-order valence-electron chi connectivity index (χ4n) is 3.98. The van der Waals surface area contributed by atoms with Gasteiger partial charge in [-0.3, -0.25) is 10.0 Å². The number of amides is 1. The molecule has 182 valence electrons. The number of aryl methyl sites for hydroxylation is 2. The molecule has 34 heavy (non-hydrogen) atoms. The molecule has 0 aliphatic rings. The van der Waals surface area contributed by atoms with E-state index in [4.69, 9.17) is 13.9 Å². The first-order valence-electron chi connectivity index (χ1n) is 11.7. The maximum Gasteiger partial charge on any atom is 0.339 e. The Kier molecular flexibility index (Phi) is 9.67. The van der Waals surface area contributed by atoms with Crippen molar-refractivity contribution < 1.29 is 23.9 Å². The molecule has 0 saturated heterocycles. The lowest BCUT2D eigenvalue weighted by Crippen LogP contribution is -2.30. The first-order valence-corrected chi connectivity index (χ1v) is 11.7. The van der Waals surface area contributed by atoms with E-state index in [1.165, 1.54) is 5.56 Å². The molecule has 0 fully saturated rings. The maximum atomic E-state index is 12.4. The Bertz CT molecular complexity index is 1120. The average molecular weight is 468 g/mol. The summed E-state index contributed by atoms with van der Waals surface area (Å²) < 4.78 is 16.1. The molecule has 0 saturated carbocycles. The number of hydrogen-bond donors (Lipinski definition) is 2. The van der Waals surface area contributed by atoms with E-state index < -0.39 is 17.5 Å². The van der Waals surface area contributed by atoms with Crippen LogP contribution in [-0.4, -0.2) is 31.4 Å². The van der Waals surface area contributed by atoms with Crippen molar-refractivity contribution in [1.82, 2.24) is 5.48 Å². The molecule has 0 spiro atoms. The third-order valence-electron chi connectivity index (χ3n) is 5.86. The standard InChI is InChI=1S/C27H33NO6/c1-19-8-13-25-22(16-19)18-23(27(30)34-25)17-21(26(29)28-31)7-4-3-6-20-9-11-24(12-10-20)33-15-5-14-32-2/h8-13,16,18,21,31H,3-7,14-15,17H2,1-2H3,(H,28,29). The molecule has 3 aromatic rings. The molecule has 1 unspecified atom stereocenters. The zero-order valence-electron chi connectivity index (χ0n) is 19.8. The molecule has 0 aliphatic heterocycles. The highest BCUT2D eigenvalue weighted by molar-refractivity contribution is 5.79. The lowest BCUT2D eigenvalue weighted by atomic mass is 9.92. The highest BCUT2D eigenvalue weighted by atomic mass is 16.5. The van der Waals surface area contributed by atoms with Gasteiger partial charge in [-0.15, -0.1) is 0 Å². The molecular weight excluding hydrogens is 434 g/mol. The van der Waals surface area contributed by atoms with Crippen LogP contribution in [0.5, 0.6) is 5.75 Å². The predicted octanol–water partition coefficient (Wildman–Crippen LogP) is 4.59. The fourth-order valence-corrected chi connectivity index (χ4v) is 3.98. The number of rotatable bonds is 13. The number of hydrogen-bond acceptors (Lipinski definition) is 6. The van der Waals surface area contributed by atoms with E-state index in [9.17, 15) is 14.8 Å². The first-order chi connectivity index (χ1) is 16.5. The van der Waals surface area contributed by atoms with Gasteiger partial charge in [0.2, 0.25) is 5.91 Å². The first kappa shape index (κ1) is 25.5. The van der Waals surface area contributed by atoms with Crippen molar-refractivity contribution in [2.75, 3.05) is 20.3 Å². The van der Waals surface area contributed by atoms with E-state index in [1.54, 1.807) is 24.7 Å². The number of hydroxylamine groups is 1. The second-order valence-electron chi connectivity index (χ2n) is 8.56. The van der Waals surface area contributed by atoms with Crippen molar-refractivity contribution in [1.29, 1.82) is 0 Å². The van der Waals surface area contributed by atoms with Gasteiger partial charge in [0.15, 0.2) is 0 Å². The number of unbranched alkanes of at least 4 members (excludes halogenated alkanes) is 1. The van der Waals surface area contributed by atoms with Gasteiger partial charge in [-0.05, 0) is 68.5 Å². The number of carbonyl (C=O) groups is 1. The molecule has 0 aliphatic carbocycles. The van der Waals surface area contributed by atoms with Crippen LogP contribution < -0.4 is 15.8 Å². The van der Waals surface area contributed by atoms with Crippen LogP contribution in [-0.2, 0) is 22.4 Å². The lowest BCUT2D eigenvalue weighted by Gasteiger charge is -2.14. The second-order valence-corrected chi connectivity index (χ2v) is 8.56. The largest absolute Gasteiger partial charge is 0.494 e. The minimum atomic E-state index is -0.516. The summed E-state index contributed by atoms with van der Waals surface area (Å²) in [6.45, 7) is 3.27. The topological polar surface area (TPSA) is 98.0 Å². The van der Waals surface area contributed by atoms with Crippen molar-refractivity contribution >= 4 is 16.9 Å². The van der Waals surface area contributed by atoms with Gasteiger partial charge in [-0.2, -0.15) is 0 Å². The van der Waals surface area contributed by atoms with Crippen molar-refractivity contribution in [3.63, 3.8) is 0 Å². The third kappa shape index (κ3) is 7.43. The Hall–Kier alpha value is -3.16. The monoisotopic (exact) mass is 467 g/mol. The molecule has 1 atom stereocenters. The van der Waals surface area contributed by atoms with Gasteiger partial charge >= 0.3 is 5.63 Å². The Morgan fingerprint density at radius 3 is 2.59 bits per heavy atom. The van der Waals surface area contributed by atoms with Crippen LogP contribution in [0.3, 0.4) is 0 Å². The Morgan fingerprint density at radius 2 is 1.85 bits per heavy atom. The molecule has 7 heteroatoms. The Balaban J connectivity index is 1.53. The molecule has 1 heterocycles. The molecule has 1 aromatic heterocycles. The van der Waals surface area contributed by atoms with Crippen molar-refractivity contribution in [3.8, 4) is 5.75 Å². The van der Waals surface area contributed by atoms with E-state index in [-0.39, 0.29) is 6.42 Å². The second kappa shape index (κ2) is 12.9. The highest BCUT2D eigenvalue weighted by Gasteiger charge is 2.20. The number of benzene rings is 2. The van der Waals surface area contributed by atoms with Crippen LogP contribution in [0.1, 0.15) is 42.4 Å². The molecule has 2 N–H and O–H groups in total. The molecule has 3 rings (SSSR count). The van der Waals surface area contributed by atoms with Gasteiger partial charge in [0, 0.05) is 37.0 Å². The summed E-state index contributed by atoms with van der Waals surface area (Å²) in [6.07, 6.45) is 4.16. The van der Waals surface area contributed by atoms with E-state index in [0.717, 1.165) is 42.4 Å². The van der Waals surface area contributed by atoms with E-state index in [1.807, 2.05) is 43.3 Å². The summed E-state index contributed by atoms with van der Waals surface area (Å²) in [6, 6.07) is 15.4. The summed E-state index contributed by atoms with van der Waals surface area (Å²) in [7, 11) is 1.67. The molecular formula is C27H33NO6. The summed E-state index contributed by atoms with van der Waals surface area (Å²) in [4.78, 5) is 24.7. The van der Waals surface area contributed by atoms with Crippen molar-refractivity contribution in [3.05, 3.63) is 75.6 Å². The van der Waals surface area contributed by atoms with Gasteiger partial charge in [-0.1, -0.05) is 30.2 Å². The predicted molar refractivity (Wildman–Crippen MR) is 130 cm³/mol. The average Bonchev–Trinajstić information content (AvgIpc) is 2.84. The van der Waals surface area contributed by atoms with Gasteiger partial charge in [0.05, 0.1) is 6.61 Å². The summed E-state index contributed by atoms with van der Waals surface area (Å²) in [5.74, 6) is -0.166. The van der Waals surface area contributed by atoms with Crippen LogP contribution in [0.25, 0.3) is 11.0 Å². The third-order valence-corrected chi connectivity index (χ3v) is 5.86. The van der Waals surface area contributed by atoms with E-state index in [0.29, 0.717) is 30.8 Å². The van der Waals surface area contributed by atoms with Crippen molar-refractivity contribution in [2.45, 2.75) is 45.4 Å². The number of nitrogens with one attached hydrogen (secondary N) is 1. The minimum absolute atomic E-state index is 0.216. The minimum Gasteiger partial charge on any atom is -0.494 e. The summed E-state index contributed by atoms with van der Waals surface area (Å²) in [5.41, 5.74) is 4.51. The van der Waals surface area contributed by atoms with Gasteiger partial charge in [-0.25, -0.2) is 10.3 Å². The molecule has 7 nitrogen and oxygen atoms in total. The van der Waals surface area contributed by atoms with E-state index in [2.05, 4.69) is 0 Å². The SMILES string of the molecule is COCCCOc1ccc(CCCCC(Cc2cc3cc(C)ccc3oc2=O)C(=O)NO)cc1. The zero-order valence-corrected chi connectivity index (χ0v) is 19.8. The van der Waals surface area contributed by atoms with Gasteiger partial charge in [0.25, 0.3) is 0 Å². The van der Waals surface area contributed by atoms with Crippen LogP contribution >= 0.6 is 0 Å². The highest BCUT2D eigenvalue weighted by Crippen LogP contribution is 2.20. The number of fused-ring (bicyclic) bond motifs is 1. The normalized spacial score (nSPS) is 12.0. The zero-order chi connectivity index (χ0) is 24.3. The Labute approximate surface area is 199 Å². The maximum absolute atomic E-state index is 12.4.